The third-order valence-electron chi connectivity index (χ3n) is 3.92. The molecular formula is C20H13ClFN3. The van der Waals surface area contributed by atoms with Gasteiger partial charge in [0.05, 0.1) is 17.6 Å². The van der Waals surface area contributed by atoms with Crippen LogP contribution in [0.15, 0.2) is 73.1 Å². The molecule has 0 aliphatic heterocycles. The number of hydrogen-bond acceptors (Lipinski definition) is 2. The minimum atomic E-state index is -0.290. The van der Waals surface area contributed by atoms with E-state index in [1.807, 2.05) is 36.4 Å². The molecule has 1 N–H and O–H groups in total. The van der Waals surface area contributed by atoms with E-state index in [4.69, 9.17) is 11.6 Å². The third-order valence-corrected chi connectivity index (χ3v) is 4.17. The first-order valence-corrected chi connectivity index (χ1v) is 8.11. The predicted octanol–water partition coefficient (Wildman–Crippen LogP) is 5.60. The number of imidazole rings is 1. The third kappa shape index (κ3) is 3.04. The highest BCUT2D eigenvalue weighted by Crippen LogP contribution is 2.31. The van der Waals surface area contributed by atoms with Crippen LogP contribution in [0.2, 0.25) is 5.02 Å². The zero-order valence-corrected chi connectivity index (χ0v) is 13.8. The van der Waals surface area contributed by atoms with Gasteiger partial charge in [0.15, 0.2) is 0 Å². The Morgan fingerprint density at radius 3 is 2.40 bits per heavy atom. The molecule has 0 unspecified atom stereocenters. The van der Waals surface area contributed by atoms with Crippen molar-refractivity contribution in [1.29, 1.82) is 0 Å². The van der Waals surface area contributed by atoms with E-state index in [0.29, 0.717) is 22.1 Å². The van der Waals surface area contributed by atoms with E-state index in [1.54, 1.807) is 30.6 Å². The van der Waals surface area contributed by atoms with E-state index >= 15 is 0 Å². The van der Waals surface area contributed by atoms with Gasteiger partial charge in [-0.25, -0.2) is 9.37 Å². The fraction of sp³-hybridized carbons (Fsp3) is 0. The molecule has 0 fully saturated rings. The molecule has 0 amide bonds. The first-order valence-electron chi connectivity index (χ1n) is 7.73. The van der Waals surface area contributed by atoms with Crippen LogP contribution < -0.4 is 0 Å². The summed E-state index contributed by atoms with van der Waals surface area (Å²) in [7, 11) is 0. The number of H-pyrrole nitrogens is 1. The Labute approximate surface area is 149 Å². The Morgan fingerprint density at radius 2 is 1.60 bits per heavy atom. The van der Waals surface area contributed by atoms with Gasteiger partial charge in [-0.3, -0.25) is 4.98 Å². The van der Waals surface area contributed by atoms with Gasteiger partial charge in [-0.2, -0.15) is 0 Å². The number of nitrogens with one attached hydrogen (secondary N) is 1. The second-order valence-corrected chi connectivity index (χ2v) is 5.97. The molecule has 4 aromatic rings. The number of hydrogen-bond donors (Lipinski definition) is 1. The fourth-order valence-corrected chi connectivity index (χ4v) is 2.83. The first-order chi connectivity index (χ1) is 12.2. The van der Waals surface area contributed by atoms with Crippen LogP contribution in [0.5, 0.6) is 0 Å². The minimum Gasteiger partial charge on any atom is -0.338 e. The number of halogens is 2. The highest BCUT2D eigenvalue weighted by Gasteiger charge is 2.13. The normalized spacial score (nSPS) is 10.8. The molecule has 4 rings (SSSR count). The van der Waals surface area contributed by atoms with Gasteiger partial charge in [-0.1, -0.05) is 35.9 Å². The Bertz CT molecular complexity index is 1030. The number of rotatable bonds is 3. The largest absolute Gasteiger partial charge is 0.338 e. The SMILES string of the molecule is Fc1ccccc1-c1cnc(-c2cccnc2-c2ccc(Cl)cc2)[nH]1. The van der Waals surface area contributed by atoms with Crippen LogP contribution >= 0.6 is 11.6 Å². The number of aromatic nitrogens is 3. The van der Waals surface area contributed by atoms with Crippen LogP contribution in [-0.2, 0) is 0 Å². The summed E-state index contributed by atoms with van der Waals surface area (Å²) in [6, 6.07) is 17.8. The average Bonchev–Trinajstić information content (AvgIpc) is 3.12. The first kappa shape index (κ1) is 15.5. The Balaban J connectivity index is 1.79. The monoisotopic (exact) mass is 349 g/mol. The van der Waals surface area contributed by atoms with Crippen molar-refractivity contribution in [3.05, 3.63) is 83.9 Å². The van der Waals surface area contributed by atoms with E-state index in [2.05, 4.69) is 15.0 Å². The quantitative estimate of drug-likeness (QED) is 0.523. The van der Waals surface area contributed by atoms with Gasteiger partial charge in [0, 0.05) is 27.9 Å². The van der Waals surface area contributed by atoms with Gasteiger partial charge in [-0.05, 0) is 36.4 Å². The summed E-state index contributed by atoms with van der Waals surface area (Å²) in [4.78, 5) is 12.1. The van der Waals surface area contributed by atoms with Gasteiger partial charge in [0.1, 0.15) is 11.6 Å². The molecule has 0 saturated carbocycles. The molecule has 5 heteroatoms. The lowest BCUT2D eigenvalue weighted by molar-refractivity contribution is 0.631. The van der Waals surface area contributed by atoms with E-state index < -0.39 is 0 Å². The van der Waals surface area contributed by atoms with Crippen LogP contribution in [0, 0.1) is 5.82 Å². The molecule has 2 aromatic heterocycles. The molecular weight excluding hydrogens is 337 g/mol. The molecule has 122 valence electrons. The maximum Gasteiger partial charge on any atom is 0.139 e. The summed E-state index contributed by atoms with van der Waals surface area (Å²) in [5.41, 5.74) is 3.67. The summed E-state index contributed by atoms with van der Waals surface area (Å²) in [6.07, 6.45) is 3.36. The number of aromatic amines is 1. The summed E-state index contributed by atoms with van der Waals surface area (Å²) in [6.45, 7) is 0. The molecule has 0 aliphatic rings. The molecule has 0 atom stereocenters. The number of pyridine rings is 1. The topological polar surface area (TPSA) is 41.6 Å². The molecule has 3 nitrogen and oxygen atoms in total. The van der Waals surface area contributed by atoms with Crippen molar-refractivity contribution < 1.29 is 4.39 Å². The zero-order valence-electron chi connectivity index (χ0n) is 13.1. The second kappa shape index (κ2) is 6.49. The number of nitrogens with zero attached hydrogens (tertiary/aromatic N) is 2. The lowest BCUT2D eigenvalue weighted by atomic mass is 10.1. The van der Waals surface area contributed by atoms with Gasteiger partial charge >= 0.3 is 0 Å². The lowest BCUT2D eigenvalue weighted by Gasteiger charge is -2.07. The smallest absolute Gasteiger partial charge is 0.139 e. The molecule has 0 aliphatic carbocycles. The Kier molecular flexibility index (Phi) is 4.04. The average molecular weight is 350 g/mol. The van der Waals surface area contributed by atoms with Crippen molar-refractivity contribution in [2.75, 3.05) is 0 Å². The van der Waals surface area contributed by atoms with Crippen LogP contribution in [0.3, 0.4) is 0 Å². The zero-order chi connectivity index (χ0) is 17.2. The lowest BCUT2D eigenvalue weighted by Crippen LogP contribution is -1.90. The van der Waals surface area contributed by atoms with Gasteiger partial charge in [0.25, 0.3) is 0 Å². The highest BCUT2D eigenvalue weighted by molar-refractivity contribution is 6.30. The Hall–Kier alpha value is -2.98. The molecule has 0 radical (unpaired) electrons. The van der Waals surface area contributed by atoms with Crippen LogP contribution in [0.1, 0.15) is 0 Å². The second-order valence-electron chi connectivity index (χ2n) is 5.53. The summed E-state index contributed by atoms with van der Waals surface area (Å²) in [5.74, 6) is 0.345. The standard InChI is InChI=1S/C20H13ClFN3/c21-14-9-7-13(8-10-14)19-16(5-3-11-23-19)20-24-12-18(25-20)15-4-1-2-6-17(15)22/h1-12H,(H,24,25). The molecule has 0 bridgehead atoms. The van der Waals surface area contributed by atoms with Crippen molar-refractivity contribution in [2.45, 2.75) is 0 Å². The maximum atomic E-state index is 14.0. The predicted molar refractivity (Wildman–Crippen MR) is 97.7 cm³/mol. The van der Waals surface area contributed by atoms with Crippen LogP contribution in [-0.4, -0.2) is 15.0 Å². The van der Waals surface area contributed by atoms with Crippen molar-refractivity contribution >= 4 is 11.6 Å². The summed E-state index contributed by atoms with van der Waals surface area (Å²) >= 11 is 5.97. The van der Waals surface area contributed by atoms with Gasteiger partial charge in [-0.15, -0.1) is 0 Å². The van der Waals surface area contributed by atoms with E-state index in [9.17, 15) is 4.39 Å². The number of benzene rings is 2. The van der Waals surface area contributed by atoms with Crippen LogP contribution in [0.4, 0.5) is 4.39 Å². The Morgan fingerprint density at radius 1 is 0.840 bits per heavy atom. The molecule has 25 heavy (non-hydrogen) atoms. The molecule has 0 spiro atoms. The summed E-state index contributed by atoms with van der Waals surface area (Å²) in [5, 5.41) is 0.668. The molecule has 2 aromatic carbocycles. The van der Waals surface area contributed by atoms with Gasteiger partial charge < -0.3 is 4.98 Å². The fourth-order valence-electron chi connectivity index (χ4n) is 2.71. The highest BCUT2D eigenvalue weighted by atomic mass is 35.5. The maximum absolute atomic E-state index is 14.0. The van der Waals surface area contributed by atoms with Crippen molar-refractivity contribution in [3.63, 3.8) is 0 Å². The molecule has 0 saturated heterocycles. The van der Waals surface area contributed by atoms with Crippen LogP contribution in [0.25, 0.3) is 33.9 Å². The van der Waals surface area contributed by atoms with E-state index in [0.717, 1.165) is 16.8 Å². The van der Waals surface area contributed by atoms with Crippen molar-refractivity contribution in [2.24, 2.45) is 0 Å². The van der Waals surface area contributed by atoms with Crippen molar-refractivity contribution in [1.82, 2.24) is 15.0 Å². The van der Waals surface area contributed by atoms with E-state index in [1.165, 1.54) is 6.07 Å². The summed E-state index contributed by atoms with van der Waals surface area (Å²) < 4.78 is 14.0. The van der Waals surface area contributed by atoms with Crippen molar-refractivity contribution in [3.8, 4) is 33.9 Å². The van der Waals surface area contributed by atoms with E-state index in [-0.39, 0.29) is 5.82 Å². The van der Waals surface area contributed by atoms with Gasteiger partial charge in [0.2, 0.25) is 0 Å². The molecule has 2 heterocycles. The minimum absolute atomic E-state index is 0.290.